The van der Waals surface area contributed by atoms with E-state index in [1.165, 1.54) is 24.8 Å². The molecule has 2 aliphatic carbocycles. The summed E-state index contributed by atoms with van der Waals surface area (Å²) in [6, 6.07) is 6.45. The number of benzene rings is 1. The van der Waals surface area contributed by atoms with Crippen molar-refractivity contribution in [2.75, 3.05) is 20.8 Å². The lowest BCUT2D eigenvalue weighted by Crippen LogP contribution is -2.29. The maximum Gasteiger partial charge on any atom is 0.127 e. The highest BCUT2D eigenvalue weighted by Gasteiger charge is 2.48. The Balaban J connectivity index is 1.91. The van der Waals surface area contributed by atoms with Gasteiger partial charge in [0.05, 0.1) is 19.8 Å². The number of methoxy groups -OCH3 is 2. The summed E-state index contributed by atoms with van der Waals surface area (Å²) in [5.74, 6) is 4.58. The molecule has 0 amide bonds. The molecule has 2 aliphatic rings. The molecule has 0 spiro atoms. The first-order chi connectivity index (χ1) is 10.3. The topological polar surface area (TPSA) is 30.5 Å². The standard InChI is InChI=1S/C18H27NO2/c1-4-8-19-18(14-10-12-9-13(12)11-14)17-15(20-2)6-5-7-16(17)21-3/h5-7,12-14,18-19H,4,8-11H2,1-3H3. The number of hydrogen-bond donors (Lipinski definition) is 1. The van der Waals surface area contributed by atoms with Crippen LogP contribution in [0.4, 0.5) is 0 Å². The van der Waals surface area contributed by atoms with E-state index in [0.717, 1.165) is 36.3 Å². The van der Waals surface area contributed by atoms with E-state index in [0.29, 0.717) is 12.0 Å². The van der Waals surface area contributed by atoms with Crippen LogP contribution in [0.5, 0.6) is 11.5 Å². The summed E-state index contributed by atoms with van der Waals surface area (Å²) < 4.78 is 11.3. The van der Waals surface area contributed by atoms with Crippen molar-refractivity contribution in [3.63, 3.8) is 0 Å². The van der Waals surface area contributed by atoms with Crippen molar-refractivity contribution in [2.45, 2.75) is 38.6 Å². The lowest BCUT2D eigenvalue weighted by molar-refractivity contribution is 0.310. The molecule has 0 bridgehead atoms. The van der Waals surface area contributed by atoms with Crippen molar-refractivity contribution in [3.05, 3.63) is 23.8 Å². The number of nitrogens with one attached hydrogen (secondary N) is 1. The molecule has 0 aromatic heterocycles. The van der Waals surface area contributed by atoms with Crippen LogP contribution >= 0.6 is 0 Å². The van der Waals surface area contributed by atoms with E-state index in [9.17, 15) is 0 Å². The van der Waals surface area contributed by atoms with Crippen LogP contribution in [-0.4, -0.2) is 20.8 Å². The molecule has 2 fully saturated rings. The van der Waals surface area contributed by atoms with Crippen LogP contribution in [-0.2, 0) is 0 Å². The Labute approximate surface area is 128 Å². The third kappa shape index (κ3) is 2.89. The summed E-state index contributed by atoms with van der Waals surface area (Å²) in [6.07, 6.45) is 5.31. The second-order valence-corrected chi connectivity index (χ2v) is 6.50. The average molecular weight is 289 g/mol. The minimum Gasteiger partial charge on any atom is -0.496 e. The molecule has 2 saturated carbocycles. The molecule has 0 heterocycles. The molecule has 1 N–H and O–H groups in total. The van der Waals surface area contributed by atoms with Crippen LogP contribution in [0, 0.1) is 17.8 Å². The molecular weight excluding hydrogens is 262 g/mol. The largest absolute Gasteiger partial charge is 0.496 e. The molecule has 1 aromatic rings. The predicted molar refractivity (Wildman–Crippen MR) is 84.9 cm³/mol. The summed E-state index contributed by atoms with van der Waals surface area (Å²) >= 11 is 0. The fourth-order valence-corrected chi connectivity index (χ4v) is 4.02. The van der Waals surface area contributed by atoms with Crippen molar-refractivity contribution >= 4 is 0 Å². The van der Waals surface area contributed by atoms with Crippen molar-refractivity contribution in [1.29, 1.82) is 0 Å². The second-order valence-electron chi connectivity index (χ2n) is 6.50. The van der Waals surface area contributed by atoms with Gasteiger partial charge in [0.2, 0.25) is 0 Å². The molecule has 0 radical (unpaired) electrons. The van der Waals surface area contributed by atoms with Gasteiger partial charge in [0.25, 0.3) is 0 Å². The molecule has 3 nitrogen and oxygen atoms in total. The molecular formula is C18H27NO2. The first kappa shape index (κ1) is 14.7. The van der Waals surface area contributed by atoms with Crippen molar-refractivity contribution < 1.29 is 9.47 Å². The van der Waals surface area contributed by atoms with Gasteiger partial charge in [0, 0.05) is 6.04 Å². The van der Waals surface area contributed by atoms with Crippen molar-refractivity contribution in [3.8, 4) is 11.5 Å². The monoisotopic (exact) mass is 289 g/mol. The SMILES string of the molecule is CCCNC(c1c(OC)cccc1OC)C1CC2CC2C1. The van der Waals surface area contributed by atoms with Gasteiger partial charge in [-0.15, -0.1) is 0 Å². The van der Waals surface area contributed by atoms with Crippen molar-refractivity contribution in [2.24, 2.45) is 17.8 Å². The van der Waals surface area contributed by atoms with Crippen LogP contribution in [0.25, 0.3) is 0 Å². The Morgan fingerprint density at radius 2 is 1.71 bits per heavy atom. The van der Waals surface area contributed by atoms with Gasteiger partial charge in [0.1, 0.15) is 11.5 Å². The van der Waals surface area contributed by atoms with E-state index < -0.39 is 0 Å². The molecule has 3 atom stereocenters. The number of rotatable bonds is 7. The van der Waals surface area contributed by atoms with E-state index in [4.69, 9.17) is 9.47 Å². The summed E-state index contributed by atoms with van der Waals surface area (Å²) in [6.45, 7) is 3.26. The molecule has 0 aliphatic heterocycles. The molecule has 3 rings (SSSR count). The quantitative estimate of drug-likeness (QED) is 0.828. The van der Waals surface area contributed by atoms with E-state index >= 15 is 0 Å². The zero-order chi connectivity index (χ0) is 14.8. The molecule has 3 unspecified atom stereocenters. The lowest BCUT2D eigenvalue weighted by atomic mass is 9.88. The first-order valence-electron chi connectivity index (χ1n) is 8.22. The highest BCUT2D eigenvalue weighted by atomic mass is 16.5. The van der Waals surface area contributed by atoms with Gasteiger partial charge in [-0.2, -0.15) is 0 Å². The first-order valence-corrected chi connectivity index (χ1v) is 8.22. The minimum atomic E-state index is 0.351. The van der Waals surface area contributed by atoms with Crippen LogP contribution in [0.3, 0.4) is 0 Å². The van der Waals surface area contributed by atoms with Gasteiger partial charge < -0.3 is 14.8 Å². The second kappa shape index (κ2) is 6.27. The number of fused-ring (bicyclic) bond motifs is 1. The van der Waals surface area contributed by atoms with Gasteiger partial charge in [-0.1, -0.05) is 13.0 Å². The summed E-state index contributed by atoms with van der Waals surface area (Å²) in [4.78, 5) is 0. The Morgan fingerprint density at radius 3 is 2.24 bits per heavy atom. The normalized spacial score (nSPS) is 28.0. The van der Waals surface area contributed by atoms with Gasteiger partial charge in [-0.25, -0.2) is 0 Å². The van der Waals surface area contributed by atoms with E-state index in [1.807, 2.05) is 18.2 Å². The summed E-state index contributed by atoms with van der Waals surface area (Å²) in [5.41, 5.74) is 1.21. The van der Waals surface area contributed by atoms with E-state index in [-0.39, 0.29) is 0 Å². The Morgan fingerprint density at radius 1 is 1.10 bits per heavy atom. The van der Waals surface area contributed by atoms with Gasteiger partial charge in [-0.3, -0.25) is 0 Å². The Kier molecular flexibility index (Phi) is 4.39. The summed E-state index contributed by atoms with van der Waals surface area (Å²) in [7, 11) is 3.50. The third-order valence-corrected chi connectivity index (χ3v) is 5.14. The van der Waals surface area contributed by atoms with E-state index in [2.05, 4.69) is 12.2 Å². The highest BCUT2D eigenvalue weighted by Crippen LogP contribution is 2.58. The smallest absolute Gasteiger partial charge is 0.127 e. The van der Waals surface area contributed by atoms with Crippen LogP contribution in [0.15, 0.2) is 18.2 Å². The molecule has 116 valence electrons. The molecule has 1 aromatic carbocycles. The van der Waals surface area contributed by atoms with Gasteiger partial charge in [0.15, 0.2) is 0 Å². The van der Waals surface area contributed by atoms with Crippen LogP contribution in [0.2, 0.25) is 0 Å². The molecule has 0 saturated heterocycles. The predicted octanol–water partition coefficient (Wildman–Crippen LogP) is 3.79. The van der Waals surface area contributed by atoms with Crippen molar-refractivity contribution in [1.82, 2.24) is 5.32 Å². The maximum absolute atomic E-state index is 5.63. The third-order valence-electron chi connectivity index (χ3n) is 5.14. The Hall–Kier alpha value is -1.22. The van der Waals surface area contributed by atoms with Gasteiger partial charge in [-0.05, 0) is 62.1 Å². The van der Waals surface area contributed by atoms with Gasteiger partial charge >= 0.3 is 0 Å². The maximum atomic E-state index is 5.63. The van der Waals surface area contributed by atoms with Crippen LogP contribution < -0.4 is 14.8 Å². The fourth-order valence-electron chi connectivity index (χ4n) is 4.02. The zero-order valence-electron chi connectivity index (χ0n) is 13.4. The minimum absolute atomic E-state index is 0.351. The number of hydrogen-bond acceptors (Lipinski definition) is 3. The molecule has 3 heteroatoms. The fraction of sp³-hybridized carbons (Fsp3) is 0.667. The number of ether oxygens (including phenoxy) is 2. The molecule has 21 heavy (non-hydrogen) atoms. The van der Waals surface area contributed by atoms with E-state index in [1.54, 1.807) is 14.2 Å². The highest BCUT2D eigenvalue weighted by molar-refractivity contribution is 5.47. The summed E-state index contributed by atoms with van der Waals surface area (Å²) in [5, 5.41) is 3.76. The zero-order valence-corrected chi connectivity index (χ0v) is 13.4. The van der Waals surface area contributed by atoms with Crippen LogP contribution in [0.1, 0.15) is 44.2 Å². The Bertz CT molecular complexity index is 456. The average Bonchev–Trinajstić information content (AvgIpc) is 3.13. The lowest BCUT2D eigenvalue weighted by Gasteiger charge is -2.29.